The lowest BCUT2D eigenvalue weighted by Crippen LogP contribution is -2.31. The number of halogens is 1. The van der Waals surface area contributed by atoms with E-state index in [1.54, 1.807) is 10.6 Å². The molecule has 168 valence electrons. The second kappa shape index (κ2) is 9.12. The van der Waals surface area contributed by atoms with Gasteiger partial charge in [0.05, 0.1) is 17.1 Å². The Bertz CT molecular complexity index is 1150. The summed E-state index contributed by atoms with van der Waals surface area (Å²) in [5.74, 6) is 0.298. The monoisotopic (exact) mass is 434 g/mol. The first-order valence-corrected chi connectivity index (χ1v) is 11.9. The van der Waals surface area contributed by atoms with E-state index < -0.39 is 5.82 Å². The minimum atomic E-state index is -0.457. The number of fused-ring (bicyclic) bond motifs is 1. The molecule has 0 bridgehead atoms. The van der Waals surface area contributed by atoms with E-state index in [9.17, 15) is 9.18 Å². The SMILES string of the molecule is N[C@H](c1nc2c(F)ccc(CCCN3CCCCC3)c2c(=O)n1-c1ccccc1)C1CC1. The van der Waals surface area contributed by atoms with E-state index in [0.29, 0.717) is 17.1 Å². The van der Waals surface area contributed by atoms with Crippen molar-refractivity contribution in [2.75, 3.05) is 19.6 Å². The molecule has 0 spiro atoms. The van der Waals surface area contributed by atoms with Crippen LogP contribution in [0.25, 0.3) is 16.6 Å². The molecular formula is C26H31FN4O. The highest BCUT2D eigenvalue weighted by Crippen LogP contribution is 2.39. The van der Waals surface area contributed by atoms with E-state index in [-0.39, 0.29) is 17.1 Å². The number of nitrogens with zero attached hydrogens (tertiary/aromatic N) is 3. The van der Waals surface area contributed by atoms with Crippen LogP contribution < -0.4 is 11.3 Å². The lowest BCUT2D eigenvalue weighted by molar-refractivity contribution is 0.226. The minimum Gasteiger partial charge on any atom is -0.321 e. The van der Waals surface area contributed by atoms with Crippen LogP contribution >= 0.6 is 0 Å². The summed E-state index contributed by atoms with van der Waals surface area (Å²) in [6, 6.07) is 12.3. The van der Waals surface area contributed by atoms with Gasteiger partial charge in [-0.3, -0.25) is 9.36 Å². The van der Waals surface area contributed by atoms with E-state index in [0.717, 1.165) is 56.6 Å². The van der Waals surface area contributed by atoms with Crippen LogP contribution in [0.5, 0.6) is 0 Å². The molecule has 2 N–H and O–H groups in total. The number of aryl methyl sites for hydroxylation is 1. The highest BCUT2D eigenvalue weighted by atomic mass is 19.1. The van der Waals surface area contributed by atoms with Crippen molar-refractivity contribution in [2.45, 2.75) is 51.0 Å². The van der Waals surface area contributed by atoms with Gasteiger partial charge >= 0.3 is 0 Å². The van der Waals surface area contributed by atoms with Gasteiger partial charge in [-0.25, -0.2) is 9.37 Å². The predicted octanol–water partition coefficient (Wildman–Crippen LogP) is 4.35. The van der Waals surface area contributed by atoms with Crippen LogP contribution in [0.2, 0.25) is 0 Å². The number of aromatic nitrogens is 2. The molecule has 0 radical (unpaired) electrons. The molecule has 32 heavy (non-hydrogen) atoms. The molecule has 1 aliphatic heterocycles. The highest BCUT2D eigenvalue weighted by molar-refractivity contribution is 5.82. The Balaban J connectivity index is 1.57. The second-order valence-corrected chi connectivity index (χ2v) is 9.25. The average molecular weight is 435 g/mol. The van der Waals surface area contributed by atoms with Gasteiger partial charge in [-0.15, -0.1) is 0 Å². The fraction of sp³-hybridized carbons (Fsp3) is 0.462. The smallest absolute Gasteiger partial charge is 0.266 e. The molecule has 5 nitrogen and oxygen atoms in total. The number of benzene rings is 2. The molecule has 1 atom stereocenters. The van der Waals surface area contributed by atoms with E-state index in [1.165, 1.54) is 25.3 Å². The fourth-order valence-electron chi connectivity index (χ4n) is 4.94. The van der Waals surface area contributed by atoms with Crippen molar-refractivity contribution in [3.05, 3.63) is 70.0 Å². The highest BCUT2D eigenvalue weighted by Gasteiger charge is 2.33. The van der Waals surface area contributed by atoms with E-state index in [1.807, 2.05) is 30.3 Å². The third-order valence-electron chi connectivity index (χ3n) is 6.90. The van der Waals surface area contributed by atoms with Crippen molar-refractivity contribution in [1.82, 2.24) is 14.5 Å². The van der Waals surface area contributed by atoms with Crippen LogP contribution in [0.3, 0.4) is 0 Å². The first kappa shape index (κ1) is 21.3. The van der Waals surface area contributed by atoms with Crippen molar-refractivity contribution < 1.29 is 4.39 Å². The molecule has 1 saturated carbocycles. The van der Waals surface area contributed by atoms with Gasteiger partial charge < -0.3 is 10.6 Å². The van der Waals surface area contributed by atoms with Crippen LogP contribution in [-0.2, 0) is 6.42 Å². The van der Waals surface area contributed by atoms with Crippen LogP contribution in [0, 0.1) is 11.7 Å². The summed E-state index contributed by atoms with van der Waals surface area (Å²) in [5, 5.41) is 0.388. The summed E-state index contributed by atoms with van der Waals surface area (Å²) in [7, 11) is 0. The quantitative estimate of drug-likeness (QED) is 0.600. The number of likely N-dealkylation sites (tertiary alicyclic amines) is 1. The molecule has 6 heteroatoms. The van der Waals surface area contributed by atoms with Crippen molar-refractivity contribution in [3.63, 3.8) is 0 Å². The molecule has 3 aromatic rings. The van der Waals surface area contributed by atoms with Crippen LogP contribution in [0.4, 0.5) is 4.39 Å². The van der Waals surface area contributed by atoms with E-state index in [2.05, 4.69) is 9.88 Å². The van der Waals surface area contributed by atoms with Crippen molar-refractivity contribution in [3.8, 4) is 5.69 Å². The second-order valence-electron chi connectivity index (χ2n) is 9.25. The maximum absolute atomic E-state index is 14.9. The molecule has 1 aromatic heterocycles. The summed E-state index contributed by atoms with van der Waals surface area (Å²) in [6.07, 6.45) is 7.53. The minimum absolute atomic E-state index is 0.156. The standard InChI is InChI=1S/C26H31FN4O/c27-21-14-13-18(8-7-17-30-15-5-2-6-16-30)22-24(21)29-25(23(28)19-11-12-19)31(26(22)32)20-9-3-1-4-10-20/h1,3-4,9-10,13-14,19,23H,2,5-8,11-12,15-17,28H2/t23-/m0/s1. The molecule has 2 aromatic carbocycles. The zero-order valence-corrected chi connectivity index (χ0v) is 18.5. The fourth-order valence-corrected chi connectivity index (χ4v) is 4.94. The lowest BCUT2D eigenvalue weighted by Gasteiger charge is -2.26. The summed E-state index contributed by atoms with van der Waals surface area (Å²) in [4.78, 5) is 21.0. The Hall–Kier alpha value is -2.57. The molecule has 2 heterocycles. The third-order valence-corrected chi connectivity index (χ3v) is 6.90. The number of piperidine rings is 1. The lowest BCUT2D eigenvalue weighted by atomic mass is 10.0. The van der Waals surface area contributed by atoms with Gasteiger partial charge in [0.1, 0.15) is 17.2 Å². The van der Waals surface area contributed by atoms with Gasteiger partial charge in [0.2, 0.25) is 0 Å². The van der Waals surface area contributed by atoms with Crippen molar-refractivity contribution >= 4 is 10.9 Å². The summed E-state index contributed by atoms with van der Waals surface area (Å²) in [6.45, 7) is 3.30. The zero-order chi connectivity index (χ0) is 22.1. The van der Waals surface area contributed by atoms with Gasteiger partial charge in [0.25, 0.3) is 5.56 Å². The number of hydrogen-bond acceptors (Lipinski definition) is 4. The summed E-state index contributed by atoms with van der Waals surface area (Å²) < 4.78 is 16.5. The number of para-hydroxylation sites is 1. The van der Waals surface area contributed by atoms with Crippen LogP contribution in [0.1, 0.15) is 56.0 Å². The maximum Gasteiger partial charge on any atom is 0.266 e. The molecule has 0 amide bonds. The Labute approximate surface area is 188 Å². The maximum atomic E-state index is 14.9. The average Bonchev–Trinajstić information content (AvgIpc) is 3.67. The molecule has 1 saturated heterocycles. The Kier molecular flexibility index (Phi) is 6.07. The molecule has 1 aliphatic carbocycles. The summed E-state index contributed by atoms with van der Waals surface area (Å²) >= 11 is 0. The largest absolute Gasteiger partial charge is 0.321 e. The number of rotatable bonds is 7. The van der Waals surface area contributed by atoms with Gasteiger partial charge in [-0.2, -0.15) is 0 Å². The summed E-state index contributed by atoms with van der Waals surface area (Å²) in [5.41, 5.74) is 8.02. The van der Waals surface area contributed by atoms with Crippen molar-refractivity contribution in [2.24, 2.45) is 11.7 Å². The molecule has 5 rings (SSSR count). The van der Waals surface area contributed by atoms with Crippen molar-refractivity contribution in [1.29, 1.82) is 0 Å². The topological polar surface area (TPSA) is 64.2 Å². The van der Waals surface area contributed by atoms with Gasteiger partial charge in [-0.05, 0) is 87.8 Å². The third kappa shape index (κ3) is 4.21. The number of nitrogens with two attached hydrogens (primary N) is 1. The van der Waals surface area contributed by atoms with Gasteiger partial charge in [-0.1, -0.05) is 30.7 Å². The molecular weight excluding hydrogens is 403 g/mol. The first-order chi connectivity index (χ1) is 15.6. The molecule has 2 aliphatic rings. The van der Waals surface area contributed by atoms with E-state index in [4.69, 9.17) is 5.73 Å². The normalized spacial score (nSPS) is 18.2. The molecule has 0 unspecified atom stereocenters. The van der Waals surface area contributed by atoms with Gasteiger partial charge in [0, 0.05) is 0 Å². The Morgan fingerprint density at radius 2 is 1.81 bits per heavy atom. The van der Waals surface area contributed by atoms with Crippen LogP contribution in [-0.4, -0.2) is 34.1 Å². The first-order valence-electron chi connectivity index (χ1n) is 11.9. The zero-order valence-electron chi connectivity index (χ0n) is 18.5. The predicted molar refractivity (Wildman–Crippen MR) is 126 cm³/mol. The Morgan fingerprint density at radius 1 is 1.06 bits per heavy atom. The number of hydrogen-bond donors (Lipinski definition) is 1. The van der Waals surface area contributed by atoms with Crippen LogP contribution in [0.15, 0.2) is 47.3 Å². The van der Waals surface area contributed by atoms with Gasteiger partial charge in [0.15, 0.2) is 0 Å². The molecule has 2 fully saturated rings. The Morgan fingerprint density at radius 3 is 2.53 bits per heavy atom. The van der Waals surface area contributed by atoms with E-state index >= 15 is 0 Å².